The highest BCUT2D eigenvalue weighted by atomic mass is 32.1. The molecular formula is C26H26N6O2S2. The van der Waals surface area contributed by atoms with Gasteiger partial charge in [-0.05, 0) is 63.1 Å². The second-order valence-corrected chi connectivity index (χ2v) is 10.7. The van der Waals surface area contributed by atoms with Crippen molar-refractivity contribution in [3.8, 4) is 10.6 Å². The quantitative estimate of drug-likeness (QED) is 0.338. The third-order valence-electron chi connectivity index (χ3n) is 6.14. The lowest BCUT2D eigenvalue weighted by Crippen LogP contribution is -2.30. The molecule has 8 nitrogen and oxygen atoms in total. The first-order valence-corrected chi connectivity index (χ1v) is 13.4. The van der Waals surface area contributed by atoms with Crippen molar-refractivity contribution >= 4 is 39.6 Å². The van der Waals surface area contributed by atoms with Gasteiger partial charge in [0, 0.05) is 41.0 Å². The number of amides is 2. The van der Waals surface area contributed by atoms with Crippen molar-refractivity contribution in [3.05, 3.63) is 81.1 Å². The molecule has 0 saturated heterocycles. The molecule has 2 amide bonds. The molecule has 10 heteroatoms. The van der Waals surface area contributed by atoms with Crippen LogP contribution in [0.1, 0.15) is 48.3 Å². The van der Waals surface area contributed by atoms with E-state index in [0.29, 0.717) is 33.9 Å². The Morgan fingerprint density at radius 1 is 1.08 bits per heavy atom. The van der Waals surface area contributed by atoms with Gasteiger partial charge in [0.2, 0.25) is 0 Å². The van der Waals surface area contributed by atoms with Crippen LogP contribution in [0.3, 0.4) is 0 Å². The fraction of sp³-hybridized carbons (Fsp3) is 0.269. The number of benzene rings is 1. The number of likely N-dealkylation sites (N-methyl/N-ethyl adjacent to an activating group) is 1. The normalized spacial score (nSPS) is 14.8. The average Bonchev–Trinajstić information content (AvgIpc) is 3.50. The predicted octanol–water partition coefficient (Wildman–Crippen LogP) is 4.23. The number of aryl methyl sites for hydroxylation is 2. The lowest BCUT2D eigenvalue weighted by atomic mass is 9.98. The molecule has 0 bridgehead atoms. The number of nitrogens with one attached hydrogen (secondary N) is 3. The molecule has 0 saturated carbocycles. The van der Waals surface area contributed by atoms with Gasteiger partial charge >= 0.3 is 0 Å². The van der Waals surface area contributed by atoms with Crippen LogP contribution in [0.2, 0.25) is 0 Å². The Hall–Kier alpha value is -3.47. The first-order valence-electron chi connectivity index (χ1n) is 11.7. The largest absolute Gasteiger partial charge is 0.347 e. The number of thiazole rings is 2. The molecule has 184 valence electrons. The monoisotopic (exact) mass is 518 g/mol. The highest BCUT2D eigenvalue weighted by Crippen LogP contribution is 2.30. The van der Waals surface area contributed by atoms with Crippen molar-refractivity contribution in [3.63, 3.8) is 0 Å². The highest BCUT2D eigenvalue weighted by molar-refractivity contribution is 7.17. The minimum absolute atomic E-state index is 0.187. The Morgan fingerprint density at radius 2 is 1.92 bits per heavy atom. The van der Waals surface area contributed by atoms with Crippen molar-refractivity contribution in [2.24, 2.45) is 0 Å². The molecule has 0 fully saturated rings. The van der Waals surface area contributed by atoms with Crippen molar-refractivity contribution in [1.82, 2.24) is 25.6 Å². The number of anilines is 1. The third-order valence-corrected chi connectivity index (χ3v) is 8.38. The van der Waals surface area contributed by atoms with Crippen LogP contribution in [0, 0.1) is 6.92 Å². The van der Waals surface area contributed by atoms with Crippen LogP contribution < -0.4 is 16.0 Å². The van der Waals surface area contributed by atoms with Gasteiger partial charge in [-0.1, -0.05) is 12.1 Å². The zero-order chi connectivity index (χ0) is 25.1. The minimum atomic E-state index is -0.209. The number of carbonyl (C=O) groups excluding carboxylic acids is 2. The van der Waals surface area contributed by atoms with E-state index in [0.717, 1.165) is 41.1 Å². The summed E-state index contributed by atoms with van der Waals surface area (Å²) >= 11 is 2.90. The van der Waals surface area contributed by atoms with E-state index >= 15 is 0 Å². The van der Waals surface area contributed by atoms with E-state index in [1.54, 1.807) is 35.9 Å². The molecule has 0 aliphatic heterocycles. The van der Waals surface area contributed by atoms with Crippen molar-refractivity contribution < 1.29 is 9.59 Å². The number of hydrogen-bond donors (Lipinski definition) is 3. The molecule has 0 radical (unpaired) electrons. The number of aromatic nitrogens is 3. The molecule has 5 rings (SSSR count). The summed E-state index contributed by atoms with van der Waals surface area (Å²) in [6.45, 7) is 2.13. The second kappa shape index (κ2) is 10.7. The van der Waals surface area contributed by atoms with Crippen LogP contribution in [0.25, 0.3) is 10.6 Å². The first kappa shape index (κ1) is 24.2. The molecule has 1 aromatic carbocycles. The highest BCUT2D eigenvalue weighted by Gasteiger charge is 2.22. The van der Waals surface area contributed by atoms with Crippen molar-refractivity contribution in [2.45, 2.75) is 38.8 Å². The van der Waals surface area contributed by atoms with Crippen LogP contribution in [0.5, 0.6) is 0 Å². The number of carbonyl (C=O) groups is 2. The van der Waals surface area contributed by atoms with E-state index in [1.165, 1.54) is 16.2 Å². The van der Waals surface area contributed by atoms with Gasteiger partial charge in [-0.2, -0.15) is 0 Å². The number of nitrogens with zero attached hydrogens (tertiary/aromatic N) is 3. The lowest BCUT2D eigenvalue weighted by Gasteiger charge is -2.19. The molecular weight excluding hydrogens is 492 g/mol. The van der Waals surface area contributed by atoms with E-state index in [9.17, 15) is 9.59 Å². The zero-order valence-electron chi connectivity index (χ0n) is 20.0. The molecule has 1 atom stereocenters. The minimum Gasteiger partial charge on any atom is -0.347 e. The number of hydrogen-bond acceptors (Lipinski definition) is 8. The van der Waals surface area contributed by atoms with Crippen LogP contribution in [-0.4, -0.2) is 39.9 Å². The fourth-order valence-corrected chi connectivity index (χ4v) is 6.23. The van der Waals surface area contributed by atoms with Gasteiger partial charge in [-0.25, -0.2) is 9.97 Å². The van der Waals surface area contributed by atoms with Gasteiger partial charge in [-0.15, -0.1) is 22.7 Å². The van der Waals surface area contributed by atoms with Gasteiger partial charge in [-0.3, -0.25) is 19.9 Å². The van der Waals surface area contributed by atoms with E-state index in [-0.39, 0.29) is 11.8 Å². The summed E-state index contributed by atoms with van der Waals surface area (Å²) in [6, 6.07) is 11.5. The van der Waals surface area contributed by atoms with E-state index in [2.05, 4.69) is 30.9 Å². The molecule has 36 heavy (non-hydrogen) atoms. The second-order valence-electron chi connectivity index (χ2n) is 8.62. The molecule has 1 aliphatic carbocycles. The SMILES string of the molecule is CN[C@H]1CCc2nc(NC(=O)c3cccc(CNC(=O)c4sc(-c5ccncc5)nc4C)c3)sc2C1. The van der Waals surface area contributed by atoms with Gasteiger partial charge < -0.3 is 10.6 Å². The van der Waals surface area contributed by atoms with Crippen LogP contribution in [0.4, 0.5) is 5.13 Å². The molecule has 4 aromatic rings. The van der Waals surface area contributed by atoms with Gasteiger partial charge in [0.25, 0.3) is 11.8 Å². The molecule has 0 unspecified atom stereocenters. The maximum Gasteiger partial charge on any atom is 0.263 e. The Kier molecular flexibility index (Phi) is 7.17. The first-order chi connectivity index (χ1) is 17.5. The lowest BCUT2D eigenvalue weighted by molar-refractivity contribution is 0.0953. The molecule has 1 aliphatic rings. The Bertz CT molecular complexity index is 1400. The summed E-state index contributed by atoms with van der Waals surface area (Å²) in [5.41, 5.74) is 4.06. The van der Waals surface area contributed by atoms with Gasteiger partial charge in [0.1, 0.15) is 9.88 Å². The summed E-state index contributed by atoms with van der Waals surface area (Å²) in [6.07, 6.45) is 6.33. The average molecular weight is 519 g/mol. The maximum absolute atomic E-state index is 12.9. The summed E-state index contributed by atoms with van der Waals surface area (Å²) in [7, 11) is 1.98. The predicted molar refractivity (Wildman–Crippen MR) is 143 cm³/mol. The fourth-order valence-electron chi connectivity index (χ4n) is 4.15. The Labute approximate surface area is 217 Å². The maximum atomic E-state index is 12.9. The van der Waals surface area contributed by atoms with Crippen molar-refractivity contribution in [2.75, 3.05) is 12.4 Å². The van der Waals surface area contributed by atoms with E-state index < -0.39 is 0 Å². The third kappa shape index (κ3) is 5.35. The molecule has 0 spiro atoms. The molecule has 3 N–H and O–H groups in total. The smallest absolute Gasteiger partial charge is 0.263 e. The van der Waals surface area contributed by atoms with Gasteiger partial charge in [0.05, 0.1) is 11.4 Å². The van der Waals surface area contributed by atoms with Crippen LogP contribution in [0.15, 0.2) is 48.8 Å². The number of rotatable bonds is 7. The molecule has 3 heterocycles. The van der Waals surface area contributed by atoms with Crippen molar-refractivity contribution in [1.29, 1.82) is 0 Å². The summed E-state index contributed by atoms with van der Waals surface area (Å²) in [4.78, 5) is 40.7. The summed E-state index contributed by atoms with van der Waals surface area (Å²) in [5, 5.41) is 10.6. The van der Waals surface area contributed by atoms with Crippen LogP contribution in [-0.2, 0) is 19.4 Å². The topological polar surface area (TPSA) is 109 Å². The standard InChI is InChI=1S/C26H26N6O2S2/c1-15-22(36-25(30-15)17-8-10-28-11-9-17)24(34)29-14-16-4-3-5-18(12-16)23(33)32-26-31-20-7-6-19(27-2)13-21(20)35-26/h3-5,8-12,19,27H,6-7,13-14H2,1-2H3,(H,29,34)(H,31,32,33)/t19-/m0/s1. The number of fused-ring (bicyclic) bond motifs is 1. The zero-order valence-corrected chi connectivity index (χ0v) is 21.6. The van der Waals surface area contributed by atoms with Gasteiger partial charge in [0.15, 0.2) is 5.13 Å². The van der Waals surface area contributed by atoms with E-state index in [1.807, 2.05) is 38.2 Å². The van der Waals surface area contributed by atoms with Crippen LogP contribution >= 0.6 is 22.7 Å². The number of pyridine rings is 1. The van der Waals surface area contributed by atoms with E-state index in [4.69, 9.17) is 0 Å². The Balaban J connectivity index is 1.22. The molecule has 3 aromatic heterocycles. The summed E-state index contributed by atoms with van der Waals surface area (Å²) < 4.78 is 0. The summed E-state index contributed by atoms with van der Waals surface area (Å²) in [5.74, 6) is -0.395. The Morgan fingerprint density at radius 3 is 2.72 bits per heavy atom.